The Bertz CT molecular complexity index is 1990. The van der Waals surface area contributed by atoms with E-state index in [1.165, 1.54) is 51.4 Å². The van der Waals surface area contributed by atoms with E-state index >= 15 is 0 Å². The molecule has 0 amide bonds. The van der Waals surface area contributed by atoms with Crippen LogP contribution in [-0.2, 0) is 28.6 Å². The molecule has 0 aromatic heterocycles. The molecule has 0 aromatic carbocycles. The summed E-state index contributed by atoms with van der Waals surface area (Å²) in [6.07, 6.45) is 104. The van der Waals surface area contributed by atoms with E-state index in [9.17, 15) is 14.4 Å². The summed E-state index contributed by atoms with van der Waals surface area (Å²) < 4.78 is 16.8. The summed E-state index contributed by atoms with van der Waals surface area (Å²) in [4.78, 5) is 38.4. The van der Waals surface area contributed by atoms with E-state index in [4.69, 9.17) is 14.2 Å². The number of esters is 3. The van der Waals surface area contributed by atoms with E-state index < -0.39 is 6.10 Å². The number of ether oxygens (including phenoxy) is 3. The van der Waals surface area contributed by atoms with E-state index in [0.717, 1.165) is 148 Å². The fourth-order valence-electron chi connectivity index (χ4n) is 8.21. The number of carbonyl (C=O) groups excluding carboxylic acids is 3. The van der Waals surface area contributed by atoms with E-state index in [1.807, 2.05) is 0 Å². The molecule has 0 aliphatic heterocycles. The molecule has 6 nitrogen and oxygen atoms in total. The van der Waals surface area contributed by atoms with Crippen LogP contribution in [0.2, 0.25) is 0 Å². The zero-order chi connectivity index (χ0) is 59.9. The molecule has 0 saturated carbocycles. The number of hydrogen-bond donors (Lipinski definition) is 0. The van der Waals surface area contributed by atoms with Gasteiger partial charge in [0.1, 0.15) is 13.2 Å². The molecule has 0 aliphatic rings. The molecule has 0 fully saturated rings. The van der Waals surface area contributed by atoms with Gasteiger partial charge in [-0.1, -0.05) is 267 Å². The Balaban J connectivity index is 4.59. The van der Waals surface area contributed by atoms with Crippen LogP contribution in [0.4, 0.5) is 0 Å². The fraction of sp³-hybridized carbons (Fsp3) is 0.545. The first-order chi connectivity index (χ1) is 41.0. The van der Waals surface area contributed by atoms with Crippen molar-refractivity contribution in [2.45, 2.75) is 258 Å². The highest BCUT2D eigenvalue weighted by molar-refractivity contribution is 5.71. The van der Waals surface area contributed by atoms with Crippen molar-refractivity contribution in [3.63, 3.8) is 0 Å². The minimum atomic E-state index is -0.841. The molecule has 0 spiro atoms. The Morgan fingerprint density at radius 3 is 0.807 bits per heavy atom. The quantitative estimate of drug-likeness (QED) is 0.0261. The van der Waals surface area contributed by atoms with Gasteiger partial charge in [0.2, 0.25) is 0 Å². The minimum absolute atomic E-state index is 0.135. The second-order valence-corrected chi connectivity index (χ2v) is 20.9. The van der Waals surface area contributed by atoms with Gasteiger partial charge in [-0.2, -0.15) is 0 Å². The molecule has 0 saturated heterocycles. The maximum absolute atomic E-state index is 12.9. The second-order valence-electron chi connectivity index (χ2n) is 20.9. The first kappa shape index (κ1) is 77.2. The molecule has 0 aliphatic carbocycles. The van der Waals surface area contributed by atoms with Gasteiger partial charge in [0.15, 0.2) is 6.10 Å². The molecule has 1 unspecified atom stereocenters. The number of hydrogen-bond acceptors (Lipinski definition) is 6. The van der Waals surface area contributed by atoms with Crippen LogP contribution in [0.25, 0.3) is 0 Å². The van der Waals surface area contributed by atoms with Crippen molar-refractivity contribution in [1.82, 2.24) is 0 Å². The summed E-state index contributed by atoms with van der Waals surface area (Å²) >= 11 is 0. The van der Waals surface area contributed by atoms with E-state index in [0.29, 0.717) is 12.8 Å². The highest BCUT2D eigenvalue weighted by Gasteiger charge is 2.19. The van der Waals surface area contributed by atoms with E-state index in [2.05, 4.69) is 215 Å². The Kier molecular flexibility index (Phi) is 64.0. The molecule has 0 heterocycles. The second kappa shape index (κ2) is 68.7. The summed E-state index contributed by atoms with van der Waals surface area (Å²) in [6.45, 7) is 6.29. The van der Waals surface area contributed by atoms with Crippen molar-refractivity contribution in [3.8, 4) is 0 Å². The minimum Gasteiger partial charge on any atom is -0.462 e. The predicted octanol–water partition coefficient (Wildman–Crippen LogP) is 23.0. The Morgan fingerprint density at radius 2 is 0.482 bits per heavy atom. The molecule has 0 radical (unpaired) electrons. The van der Waals surface area contributed by atoms with Crippen LogP contribution in [0.15, 0.2) is 194 Å². The third kappa shape index (κ3) is 66.9. The Hall–Kier alpha value is -5.75. The molecule has 462 valence electrons. The maximum Gasteiger partial charge on any atom is 0.306 e. The molecular weight excluding hydrogens is 1020 g/mol. The zero-order valence-corrected chi connectivity index (χ0v) is 52.9. The van der Waals surface area contributed by atoms with Gasteiger partial charge in [0.05, 0.1) is 0 Å². The highest BCUT2D eigenvalue weighted by Crippen LogP contribution is 2.13. The van der Waals surface area contributed by atoms with Crippen LogP contribution in [0, 0.1) is 0 Å². The topological polar surface area (TPSA) is 78.9 Å². The number of rotatable bonds is 57. The molecule has 0 aromatic rings. The van der Waals surface area contributed by atoms with Crippen LogP contribution in [0.3, 0.4) is 0 Å². The van der Waals surface area contributed by atoms with E-state index in [1.54, 1.807) is 0 Å². The van der Waals surface area contributed by atoms with Crippen LogP contribution in [-0.4, -0.2) is 37.2 Å². The third-order valence-electron chi connectivity index (χ3n) is 13.1. The third-order valence-corrected chi connectivity index (χ3v) is 13.1. The summed E-state index contributed by atoms with van der Waals surface area (Å²) in [5.41, 5.74) is 0. The summed E-state index contributed by atoms with van der Waals surface area (Å²) in [6, 6.07) is 0. The average Bonchev–Trinajstić information content (AvgIpc) is 3.49. The monoisotopic (exact) mass is 1140 g/mol. The largest absolute Gasteiger partial charge is 0.462 e. The van der Waals surface area contributed by atoms with Crippen molar-refractivity contribution < 1.29 is 28.6 Å². The molecule has 0 bridgehead atoms. The van der Waals surface area contributed by atoms with Crippen LogP contribution >= 0.6 is 0 Å². The molecule has 0 N–H and O–H groups in total. The summed E-state index contributed by atoms with van der Waals surface area (Å²) in [5, 5.41) is 0. The van der Waals surface area contributed by atoms with Crippen LogP contribution in [0.1, 0.15) is 252 Å². The van der Waals surface area contributed by atoms with Crippen LogP contribution < -0.4 is 0 Å². The molecule has 0 rings (SSSR count). The maximum atomic E-state index is 12.9. The molecule has 1 atom stereocenters. The smallest absolute Gasteiger partial charge is 0.306 e. The van der Waals surface area contributed by atoms with Gasteiger partial charge in [-0.05, 0) is 161 Å². The predicted molar refractivity (Wildman–Crippen MR) is 361 cm³/mol. The Labute approximate surface area is 509 Å². The summed E-state index contributed by atoms with van der Waals surface area (Å²) in [5.74, 6) is -1.05. The Morgan fingerprint density at radius 1 is 0.253 bits per heavy atom. The van der Waals surface area contributed by atoms with Crippen LogP contribution in [0.5, 0.6) is 0 Å². The van der Waals surface area contributed by atoms with Gasteiger partial charge < -0.3 is 14.2 Å². The van der Waals surface area contributed by atoms with Gasteiger partial charge in [-0.25, -0.2) is 0 Å². The SMILES string of the molecule is CC/C=C\C/C=C\C/C=C\C/C=C\C/C=C\C/C=C\C/C=C\C/C=C\CCCCC(=O)OCC(COC(=O)CCC/C=C\C/C=C\C/C=C\C/C=C\C/C=C\CC)OC(=O)CCCCCCCC/C=C\C/C=C\C/C=C\CCCCCCC. The number of allylic oxidation sites excluding steroid dienone is 32. The normalized spacial score (nSPS) is 13.4. The van der Waals surface area contributed by atoms with Crippen molar-refractivity contribution in [1.29, 1.82) is 0 Å². The van der Waals surface area contributed by atoms with Gasteiger partial charge in [-0.15, -0.1) is 0 Å². The first-order valence-electron chi connectivity index (χ1n) is 32.9. The van der Waals surface area contributed by atoms with E-state index in [-0.39, 0.29) is 50.4 Å². The molecule has 83 heavy (non-hydrogen) atoms. The lowest BCUT2D eigenvalue weighted by molar-refractivity contribution is -0.167. The van der Waals surface area contributed by atoms with Crippen molar-refractivity contribution in [2.24, 2.45) is 0 Å². The lowest BCUT2D eigenvalue weighted by Crippen LogP contribution is -2.30. The number of carbonyl (C=O) groups is 3. The van der Waals surface area contributed by atoms with Crippen molar-refractivity contribution >= 4 is 17.9 Å². The van der Waals surface area contributed by atoms with Gasteiger partial charge in [-0.3, -0.25) is 14.4 Å². The molecule has 6 heteroatoms. The summed E-state index contributed by atoms with van der Waals surface area (Å²) in [7, 11) is 0. The lowest BCUT2D eigenvalue weighted by Gasteiger charge is -2.18. The lowest BCUT2D eigenvalue weighted by atomic mass is 10.1. The number of unbranched alkanes of at least 4 members (excludes halogenated alkanes) is 14. The highest BCUT2D eigenvalue weighted by atomic mass is 16.6. The van der Waals surface area contributed by atoms with Crippen molar-refractivity contribution in [2.75, 3.05) is 13.2 Å². The van der Waals surface area contributed by atoms with Gasteiger partial charge in [0.25, 0.3) is 0 Å². The zero-order valence-electron chi connectivity index (χ0n) is 52.9. The fourth-order valence-corrected chi connectivity index (χ4v) is 8.21. The first-order valence-corrected chi connectivity index (χ1v) is 32.9. The molecular formula is C77H118O6. The standard InChI is InChI=1S/C77H118O6/c1-4-7-10-13-16-19-22-25-28-31-33-35-36-37-38-39-40-42-43-46-49-52-55-58-61-64-67-70-76(79)82-73-74(72-81-75(78)69-66-63-60-57-54-51-48-45-30-27-24-21-18-15-12-9-6-3)83-77(80)71-68-65-62-59-56-53-50-47-44-41-34-32-29-26-23-20-17-14-11-8-5-2/h7,9-10,12,16,18-19,21,23,25-28,30,32-35,37-38,40,42,44,46-49,51,55,57-58,60,74H,4-6,8,11,13-15,17,20,22,24,29,31,36,39,41,43,45,50,52-54,56,59,61-73H2,1-3H3/b10-7-,12-9-,19-16-,21-18-,26-23-,28-25-,30-27-,34-32-,35-33-,38-37-,42-40-,47-44-,49-46-,51-48-,58-55-,60-57-. The van der Waals surface area contributed by atoms with Crippen molar-refractivity contribution in [3.05, 3.63) is 194 Å². The van der Waals surface area contributed by atoms with Gasteiger partial charge >= 0.3 is 17.9 Å². The van der Waals surface area contributed by atoms with Gasteiger partial charge in [0, 0.05) is 19.3 Å². The average molecular weight is 1140 g/mol.